The van der Waals surface area contributed by atoms with E-state index in [1.807, 2.05) is 29.2 Å². The predicted molar refractivity (Wildman–Crippen MR) is 102 cm³/mol. The zero-order chi connectivity index (χ0) is 19.4. The molecule has 0 saturated carbocycles. The number of nitrogens with zero attached hydrogens (tertiary/aromatic N) is 3. The molecule has 0 radical (unpaired) electrons. The van der Waals surface area contributed by atoms with Gasteiger partial charge in [-0.3, -0.25) is 9.78 Å². The van der Waals surface area contributed by atoms with E-state index in [4.69, 9.17) is 15.2 Å². The van der Waals surface area contributed by atoms with Crippen molar-refractivity contribution >= 4 is 5.91 Å². The number of carbonyl (C=O) groups is 1. The molecule has 0 unspecified atom stereocenters. The zero-order valence-corrected chi connectivity index (χ0v) is 16.0. The maximum absolute atomic E-state index is 12.3. The Labute approximate surface area is 159 Å². The molecule has 1 fully saturated rings. The van der Waals surface area contributed by atoms with E-state index in [2.05, 4.69) is 9.97 Å². The van der Waals surface area contributed by atoms with Crippen molar-refractivity contribution in [3.05, 3.63) is 42.4 Å². The molecule has 1 aliphatic rings. The first-order valence-corrected chi connectivity index (χ1v) is 9.09. The highest BCUT2D eigenvalue weighted by Gasteiger charge is 2.31. The summed E-state index contributed by atoms with van der Waals surface area (Å²) in [5, 5.41) is 0. The van der Waals surface area contributed by atoms with E-state index in [0.29, 0.717) is 24.7 Å². The summed E-state index contributed by atoms with van der Waals surface area (Å²) >= 11 is 0. The van der Waals surface area contributed by atoms with Gasteiger partial charge < -0.3 is 20.1 Å². The summed E-state index contributed by atoms with van der Waals surface area (Å²) in [4.78, 5) is 23.0. The Morgan fingerprint density at radius 3 is 2.37 bits per heavy atom. The molecule has 2 heterocycles. The molecule has 1 aromatic carbocycles. The number of benzene rings is 1. The van der Waals surface area contributed by atoms with Crippen LogP contribution in [0, 0.1) is 0 Å². The Kier molecular flexibility index (Phi) is 5.60. The number of methoxy groups -OCH3 is 1. The lowest BCUT2D eigenvalue weighted by molar-refractivity contribution is -0.136. The lowest BCUT2D eigenvalue weighted by Crippen LogP contribution is -2.53. The van der Waals surface area contributed by atoms with Crippen molar-refractivity contribution in [3.63, 3.8) is 0 Å². The number of piperidine rings is 1. The largest absolute Gasteiger partial charge is 0.497 e. The first-order valence-electron chi connectivity index (χ1n) is 9.09. The Hall–Kier alpha value is -2.67. The van der Waals surface area contributed by atoms with Gasteiger partial charge in [0.25, 0.3) is 0 Å². The summed E-state index contributed by atoms with van der Waals surface area (Å²) in [5.41, 5.74) is 5.98. The molecule has 0 bridgehead atoms. The second-order valence-corrected chi connectivity index (χ2v) is 7.35. The number of nitrogens with two attached hydrogens (primary N) is 1. The Morgan fingerprint density at radius 2 is 1.78 bits per heavy atom. The molecule has 7 heteroatoms. The van der Waals surface area contributed by atoms with Gasteiger partial charge in [0, 0.05) is 25.2 Å². The van der Waals surface area contributed by atoms with Gasteiger partial charge in [-0.15, -0.1) is 0 Å². The van der Waals surface area contributed by atoms with Gasteiger partial charge in [-0.05, 0) is 51.0 Å². The third kappa shape index (κ3) is 4.74. The minimum Gasteiger partial charge on any atom is -0.497 e. The van der Waals surface area contributed by atoms with Crippen LogP contribution in [0.4, 0.5) is 0 Å². The summed E-state index contributed by atoms with van der Waals surface area (Å²) in [7, 11) is 1.62. The van der Waals surface area contributed by atoms with E-state index >= 15 is 0 Å². The fraction of sp³-hybridized carbons (Fsp3) is 0.450. The summed E-state index contributed by atoms with van der Waals surface area (Å²) in [6, 6.07) is 7.31. The van der Waals surface area contributed by atoms with Gasteiger partial charge in [0.15, 0.2) is 0 Å². The second kappa shape index (κ2) is 7.92. The van der Waals surface area contributed by atoms with Gasteiger partial charge in [-0.25, -0.2) is 4.98 Å². The van der Waals surface area contributed by atoms with E-state index in [1.54, 1.807) is 33.4 Å². The molecule has 27 heavy (non-hydrogen) atoms. The zero-order valence-electron chi connectivity index (χ0n) is 16.0. The van der Waals surface area contributed by atoms with Gasteiger partial charge in [-0.2, -0.15) is 0 Å². The quantitative estimate of drug-likeness (QED) is 0.870. The van der Waals surface area contributed by atoms with E-state index in [0.717, 1.165) is 24.3 Å². The summed E-state index contributed by atoms with van der Waals surface area (Å²) in [6.45, 7) is 4.84. The predicted octanol–water partition coefficient (Wildman–Crippen LogP) is 2.72. The average molecular weight is 370 g/mol. The molecule has 1 aromatic heterocycles. The van der Waals surface area contributed by atoms with Gasteiger partial charge in [0.2, 0.25) is 11.8 Å². The molecule has 1 saturated heterocycles. The molecule has 1 amide bonds. The van der Waals surface area contributed by atoms with Crippen LogP contribution >= 0.6 is 0 Å². The van der Waals surface area contributed by atoms with Gasteiger partial charge in [0.1, 0.15) is 11.5 Å². The summed E-state index contributed by atoms with van der Waals surface area (Å²) in [5.74, 6) is 2.14. The topological polar surface area (TPSA) is 90.6 Å². The molecule has 144 valence electrons. The van der Waals surface area contributed by atoms with Crippen LogP contribution < -0.4 is 15.2 Å². The highest BCUT2D eigenvalue weighted by atomic mass is 16.5. The number of rotatable bonds is 5. The summed E-state index contributed by atoms with van der Waals surface area (Å²) < 4.78 is 10.9. The second-order valence-electron chi connectivity index (χ2n) is 7.35. The van der Waals surface area contributed by atoms with E-state index < -0.39 is 5.54 Å². The van der Waals surface area contributed by atoms with Crippen LogP contribution in [-0.4, -0.2) is 46.5 Å². The van der Waals surface area contributed by atoms with E-state index in [1.165, 1.54) is 0 Å². The van der Waals surface area contributed by atoms with Crippen LogP contribution in [0.15, 0.2) is 36.7 Å². The van der Waals surface area contributed by atoms with Crippen molar-refractivity contribution in [2.45, 2.75) is 38.1 Å². The number of ether oxygens (including phenoxy) is 2. The third-order valence-electron chi connectivity index (χ3n) is 4.66. The van der Waals surface area contributed by atoms with Gasteiger partial charge >= 0.3 is 0 Å². The first-order chi connectivity index (χ1) is 12.9. The standard InChI is InChI=1S/C20H26N4O3/c1-20(2,21)19(25)24-10-8-14(9-11-24)17-12-22-13-18(23-17)27-16-6-4-15(26-3)5-7-16/h4-7,12-14H,8-11,21H2,1-3H3. The molecule has 0 aliphatic carbocycles. The maximum Gasteiger partial charge on any atom is 0.242 e. The fourth-order valence-corrected chi connectivity index (χ4v) is 3.16. The number of carbonyl (C=O) groups excluding carboxylic acids is 1. The Bertz CT molecular complexity index is 779. The van der Waals surface area contributed by atoms with Gasteiger partial charge in [-0.1, -0.05) is 0 Å². The molecular weight excluding hydrogens is 344 g/mol. The molecule has 1 aliphatic heterocycles. The van der Waals surface area contributed by atoms with Crippen molar-refractivity contribution in [1.82, 2.24) is 14.9 Å². The Balaban J connectivity index is 1.63. The van der Waals surface area contributed by atoms with Crippen LogP contribution in [0.25, 0.3) is 0 Å². The highest BCUT2D eigenvalue weighted by molar-refractivity contribution is 5.85. The monoisotopic (exact) mass is 370 g/mol. The maximum atomic E-state index is 12.3. The molecule has 2 aromatic rings. The van der Waals surface area contributed by atoms with E-state index in [-0.39, 0.29) is 11.8 Å². The minimum absolute atomic E-state index is 0.0105. The normalized spacial score (nSPS) is 15.5. The molecule has 3 rings (SSSR count). The van der Waals surface area contributed by atoms with Crippen LogP contribution in [0.2, 0.25) is 0 Å². The highest BCUT2D eigenvalue weighted by Crippen LogP contribution is 2.29. The van der Waals surface area contributed by atoms with Crippen LogP contribution in [-0.2, 0) is 4.79 Å². The lowest BCUT2D eigenvalue weighted by Gasteiger charge is -2.35. The van der Waals surface area contributed by atoms with Crippen molar-refractivity contribution in [2.75, 3.05) is 20.2 Å². The molecule has 7 nitrogen and oxygen atoms in total. The van der Waals surface area contributed by atoms with Crippen molar-refractivity contribution in [3.8, 4) is 17.4 Å². The summed E-state index contributed by atoms with van der Waals surface area (Å²) in [6.07, 6.45) is 5.05. The smallest absolute Gasteiger partial charge is 0.242 e. The van der Waals surface area contributed by atoms with E-state index in [9.17, 15) is 4.79 Å². The van der Waals surface area contributed by atoms with Crippen molar-refractivity contribution in [2.24, 2.45) is 5.73 Å². The lowest BCUT2D eigenvalue weighted by atomic mass is 9.92. The molecule has 2 N–H and O–H groups in total. The third-order valence-corrected chi connectivity index (χ3v) is 4.66. The number of likely N-dealkylation sites (tertiary alicyclic amines) is 1. The van der Waals surface area contributed by atoms with Gasteiger partial charge in [0.05, 0.1) is 24.5 Å². The first kappa shape index (κ1) is 19.1. The molecule has 0 spiro atoms. The van der Waals surface area contributed by atoms with Crippen LogP contribution in [0.1, 0.15) is 38.3 Å². The fourth-order valence-electron chi connectivity index (χ4n) is 3.16. The number of amides is 1. The molecular formula is C20H26N4O3. The van der Waals surface area contributed by atoms with Crippen LogP contribution in [0.5, 0.6) is 17.4 Å². The number of aromatic nitrogens is 2. The molecule has 0 atom stereocenters. The van der Waals surface area contributed by atoms with Crippen molar-refractivity contribution < 1.29 is 14.3 Å². The van der Waals surface area contributed by atoms with Crippen molar-refractivity contribution in [1.29, 1.82) is 0 Å². The minimum atomic E-state index is -0.835. The SMILES string of the molecule is COc1ccc(Oc2cncc(C3CCN(C(=O)C(C)(C)N)CC3)n2)cc1. The van der Waals surface area contributed by atoms with Crippen LogP contribution in [0.3, 0.4) is 0 Å². The Morgan fingerprint density at radius 1 is 1.15 bits per heavy atom. The number of hydrogen-bond donors (Lipinski definition) is 1. The average Bonchev–Trinajstić information content (AvgIpc) is 2.68. The number of hydrogen-bond acceptors (Lipinski definition) is 6.